The molecular weight excluding hydrogens is 293 g/mol. The maximum absolute atomic E-state index is 7.44. The highest BCUT2D eigenvalue weighted by molar-refractivity contribution is 6.76. The number of alkyl halides is 3. The van der Waals surface area contributed by atoms with Crippen molar-refractivity contribution in [3.05, 3.63) is 35.9 Å². The van der Waals surface area contributed by atoms with Gasteiger partial charge >= 0.3 is 0 Å². The Morgan fingerprint density at radius 3 is 2.44 bits per heavy atom. The third kappa shape index (κ3) is 5.18. The average Bonchev–Trinajstić information content (AvgIpc) is 2.34. The molecule has 1 aromatic carbocycles. The molecule has 2 nitrogen and oxygen atoms in total. The van der Waals surface area contributed by atoms with Crippen LogP contribution in [-0.2, 0) is 11.2 Å². The lowest BCUT2D eigenvalue weighted by Crippen LogP contribution is -2.26. The lowest BCUT2D eigenvalue weighted by molar-refractivity contribution is 0.228. The zero-order valence-corrected chi connectivity index (χ0v) is 11.8. The fourth-order valence-corrected chi connectivity index (χ4v) is 1.46. The Bertz CT molecular complexity index is 434. The van der Waals surface area contributed by atoms with Crippen LogP contribution in [0.4, 0.5) is 0 Å². The van der Waals surface area contributed by atoms with E-state index in [1.54, 1.807) is 0 Å². The van der Waals surface area contributed by atoms with Crippen LogP contribution in [0.3, 0.4) is 0 Å². The zero-order valence-electron chi connectivity index (χ0n) is 9.50. The molecule has 0 amide bonds. The number of nitrogens with one attached hydrogen (secondary N) is 1. The molecule has 0 saturated carbocycles. The summed E-state index contributed by atoms with van der Waals surface area (Å²) in [5.74, 6) is 1.98. The van der Waals surface area contributed by atoms with Gasteiger partial charge in [-0.1, -0.05) is 71.1 Å². The molecule has 0 radical (unpaired) electrons. The van der Waals surface area contributed by atoms with Gasteiger partial charge in [0, 0.05) is 0 Å². The third-order valence-corrected chi connectivity index (χ3v) is 2.76. The standard InChI is InChI=1S/C13H12Cl3NO/c1-2-11(18-12(17)13(14,15)16)9-8-10-6-4-3-5-7-10/h1,3-7,11,17H,8-9H2. The molecule has 18 heavy (non-hydrogen) atoms. The van der Waals surface area contributed by atoms with Gasteiger partial charge in [0.25, 0.3) is 3.79 Å². The van der Waals surface area contributed by atoms with E-state index in [1.807, 2.05) is 30.3 Å². The summed E-state index contributed by atoms with van der Waals surface area (Å²) in [5.41, 5.74) is 1.14. The predicted molar refractivity (Wildman–Crippen MR) is 76.5 cm³/mol. The highest BCUT2D eigenvalue weighted by atomic mass is 35.6. The van der Waals surface area contributed by atoms with Crippen molar-refractivity contribution in [2.24, 2.45) is 0 Å². The van der Waals surface area contributed by atoms with Gasteiger partial charge in [-0.2, -0.15) is 0 Å². The van der Waals surface area contributed by atoms with Gasteiger partial charge in [0.15, 0.2) is 6.10 Å². The van der Waals surface area contributed by atoms with Crippen LogP contribution in [0.15, 0.2) is 30.3 Å². The smallest absolute Gasteiger partial charge is 0.265 e. The van der Waals surface area contributed by atoms with Crippen LogP contribution < -0.4 is 0 Å². The summed E-state index contributed by atoms with van der Waals surface area (Å²) in [6.07, 6.45) is 6.05. The summed E-state index contributed by atoms with van der Waals surface area (Å²) in [6, 6.07) is 9.83. The Morgan fingerprint density at radius 2 is 1.94 bits per heavy atom. The number of benzene rings is 1. The molecule has 1 atom stereocenters. The van der Waals surface area contributed by atoms with Crippen LogP contribution in [0.25, 0.3) is 0 Å². The summed E-state index contributed by atoms with van der Waals surface area (Å²) in [6.45, 7) is 0. The first kappa shape index (κ1) is 15.2. The Balaban J connectivity index is 2.49. The Kier molecular flexibility index (Phi) is 5.81. The molecule has 0 heterocycles. The zero-order chi connectivity index (χ0) is 13.6. The van der Waals surface area contributed by atoms with Crippen LogP contribution in [0.2, 0.25) is 0 Å². The van der Waals surface area contributed by atoms with E-state index >= 15 is 0 Å². The number of rotatable bonds is 4. The normalized spacial score (nSPS) is 12.6. The maximum Gasteiger partial charge on any atom is 0.265 e. The van der Waals surface area contributed by atoms with E-state index in [0.29, 0.717) is 6.42 Å². The topological polar surface area (TPSA) is 33.1 Å². The molecule has 0 aromatic heterocycles. The van der Waals surface area contributed by atoms with Crippen molar-refractivity contribution in [3.8, 4) is 12.3 Å². The Morgan fingerprint density at radius 1 is 1.33 bits per heavy atom. The van der Waals surface area contributed by atoms with Crippen molar-refractivity contribution in [1.29, 1.82) is 5.41 Å². The van der Waals surface area contributed by atoms with Crippen molar-refractivity contribution < 1.29 is 4.74 Å². The minimum atomic E-state index is -1.87. The summed E-state index contributed by atoms with van der Waals surface area (Å²) in [7, 11) is 0. The van der Waals surface area contributed by atoms with E-state index in [4.69, 9.17) is 51.4 Å². The highest BCUT2D eigenvalue weighted by Crippen LogP contribution is 2.28. The molecule has 0 aliphatic heterocycles. The Labute approximate surface area is 122 Å². The number of ether oxygens (including phenoxy) is 1. The molecule has 1 aromatic rings. The molecule has 0 saturated heterocycles. The van der Waals surface area contributed by atoms with Gasteiger partial charge in [-0.25, -0.2) is 0 Å². The molecule has 1 rings (SSSR count). The monoisotopic (exact) mass is 303 g/mol. The van der Waals surface area contributed by atoms with E-state index in [0.717, 1.165) is 12.0 Å². The van der Waals surface area contributed by atoms with Crippen LogP contribution >= 0.6 is 34.8 Å². The van der Waals surface area contributed by atoms with Crippen molar-refractivity contribution in [2.75, 3.05) is 0 Å². The average molecular weight is 305 g/mol. The number of hydrogen-bond acceptors (Lipinski definition) is 2. The maximum atomic E-state index is 7.44. The Hall–Kier alpha value is -0.880. The summed E-state index contributed by atoms with van der Waals surface area (Å²) < 4.78 is 3.26. The molecular formula is C13H12Cl3NO. The lowest BCUT2D eigenvalue weighted by atomic mass is 10.1. The second-order valence-electron chi connectivity index (χ2n) is 3.62. The van der Waals surface area contributed by atoms with Gasteiger partial charge in [0.05, 0.1) is 0 Å². The van der Waals surface area contributed by atoms with Gasteiger partial charge < -0.3 is 4.74 Å². The first-order valence-electron chi connectivity index (χ1n) is 5.26. The van der Waals surface area contributed by atoms with E-state index in [1.165, 1.54) is 0 Å². The minimum absolute atomic E-state index is 0.455. The van der Waals surface area contributed by atoms with Gasteiger partial charge in [-0.15, -0.1) is 6.42 Å². The van der Waals surface area contributed by atoms with E-state index in [-0.39, 0.29) is 0 Å². The van der Waals surface area contributed by atoms with Gasteiger partial charge in [0.1, 0.15) is 0 Å². The molecule has 5 heteroatoms. The van der Waals surface area contributed by atoms with E-state index in [9.17, 15) is 0 Å². The van der Waals surface area contributed by atoms with Gasteiger partial charge in [-0.3, -0.25) is 5.41 Å². The van der Waals surface area contributed by atoms with Gasteiger partial charge in [0.2, 0.25) is 5.90 Å². The fourth-order valence-electron chi connectivity index (χ4n) is 1.33. The van der Waals surface area contributed by atoms with Crippen LogP contribution in [0, 0.1) is 17.8 Å². The third-order valence-electron chi connectivity index (χ3n) is 2.24. The molecule has 0 spiro atoms. The molecule has 0 bridgehead atoms. The molecule has 0 aliphatic carbocycles. The number of hydrogen-bond donors (Lipinski definition) is 1. The second-order valence-corrected chi connectivity index (χ2v) is 5.91. The quantitative estimate of drug-likeness (QED) is 0.388. The number of halogens is 3. The van der Waals surface area contributed by atoms with E-state index in [2.05, 4.69) is 5.92 Å². The van der Waals surface area contributed by atoms with Crippen LogP contribution in [0.1, 0.15) is 12.0 Å². The number of terminal acetylenes is 1. The van der Waals surface area contributed by atoms with Crippen molar-refractivity contribution in [3.63, 3.8) is 0 Å². The fraction of sp³-hybridized carbons (Fsp3) is 0.308. The molecule has 0 fully saturated rings. The summed E-state index contributed by atoms with van der Waals surface area (Å²) in [5, 5.41) is 7.44. The van der Waals surface area contributed by atoms with Crippen molar-refractivity contribution >= 4 is 40.7 Å². The largest absolute Gasteiger partial charge is 0.462 e. The summed E-state index contributed by atoms with van der Waals surface area (Å²) >= 11 is 16.5. The predicted octanol–water partition coefficient (Wildman–Crippen LogP) is 3.99. The molecule has 0 aliphatic rings. The van der Waals surface area contributed by atoms with Crippen LogP contribution in [0.5, 0.6) is 0 Å². The molecule has 1 N–H and O–H groups in total. The summed E-state index contributed by atoms with van der Waals surface area (Å²) in [4.78, 5) is 0. The molecule has 1 unspecified atom stereocenters. The first-order chi connectivity index (χ1) is 8.43. The minimum Gasteiger partial charge on any atom is -0.462 e. The highest BCUT2D eigenvalue weighted by Gasteiger charge is 2.30. The second kappa shape index (κ2) is 6.89. The number of aryl methyl sites for hydroxylation is 1. The lowest BCUT2D eigenvalue weighted by Gasteiger charge is -2.18. The molecule has 96 valence electrons. The first-order valence-corrected chi connectivity index (χ1v) is 6.39. The van der Waals surface area contributed by atoms with Gasteiger partial charge in [-0.05, 0) is 18.4 Å². The van der Waals surface area contributed by atoms with Crippen LogP contribution in [-0.4, -0.2) is 15.8 Å². The van der Waals surface area contributed by atoms with E-state index < -0.39 is 15.8 Å². The van der Waals surface area contributed by atoms with Crippen molar-refractivity contribution in [1.82, 2.24) is 0 Å². The SMILES string of the molecule is C#CC(CCc1ccccc1)OC(=N)C(Cl)(Cl)Cl. The van der Waals surface area contributed by atoms with Crippen molar-refractivity contribution in [2.45, 2.75) is 22.7 Å².